The Hall–Kier alpha value is -2.04. The van der Waals surface area contributed by atoms with Crippen LogP contribution < -0.4 is 10.1 Å². The minimum Gasteiger partial charge on any atom is -0.497 e. The molecule has 0 amide bonds. The van der Waals surface area contributed by atoms with Crippen molar-refractivity contribution in [3.8, 4) is 11.4 Å². The summed E-state index contributed by atoms with van der Waals surface area (Å²) >= 11 is 0. The molecule has 1 aliphatic rings. The average Bonchev–Trinajstić information content (AvgIpc) is 2.96. The van der Waals surface area contributed by atoms with Crippen molar-refractivity contribution >= 4 is 5.95 Å². The highest BCUT2D eigenvalue weighted by Crippen LogP contribution is 2.22. The third-order valence-corrected chi connectivity index (χ3v) is 3.84. The average molecular weight is 272 g/mol. The van der Waals surface area contributed by atoms with E-state index in [0.29, 0.717) is 6.04 Å². The predicted octanol–water partition coefficient (Wildman–Crippen LogP) is 3.02. The number of hydrogen-bond acceptors (Lipinski definition) is 4. The lowest BCUT2D eigenvalue weighted by atomic mass is 9.96. The summed E-state index contributed by atoms with van der Waals surface area (Å²) in [5, 5.41) is 11.7. The van der Waals surface area contributed by atoms with Crippen LogP contribution in [0.3, 0.4) is 0 Å². The summed E-state index contributed by atoms with van der Waals surface area (Å²) in [6, 6.07) is 8.42. The van der Waals surface area contributed by atoms with Crippen LogP contribution in [-0.2, 0) is 0 Å². The van der Waals surface area contributed by atoms with Crippen LogP contribution in [0.4, 0.5) is 5.95 Å². The third-order valence-electron chi connectivity index (χ3n) is 3.84. The molecule has 1 fully saturated rings. The van der Waals surface area contributed by atoms with Crippen molar-refractivity contribution in [2.45, 2.75) is 38.1 Å². The lowest BCUT2D eigenvalue weighted by molar-refractivity contribution is 0.414. The monoisotopic (exact) mass is 272 g/mol. The molecule has 0 radical (unpaired) electrons. The van der Waals surface area contributed by atoms with Gasteiger partial charge in [0.05, 0.1) is 12.8 Å². The Kier molecular flexibility index (Phi) is 3.85. The smallest absolute Gasteiger partial charge is 0.229 e. The number of nitrogens with zero attached hydrogens (tertiary/aromatic N) is 3. The van der Waals surface area contributed by atoms with E-state index in [0.717, 1.165) is 17.4 Å². The van der Waals surface area contributed by atoms with E-state index in [-0.39, 0.29) is 0 Å². The van der Waals surface area contributed by atoms with E-state index >= 15 is 0 Å². The van der Waals surface area contributed by atoms with Gasteiger partial charge < -0.3 is 10.1 Å². The van der Waals surface area contributed by atoms with Gasteiger partial charge in [-0.25, -0.2) is 0 Å². The number of rotatable bonds is 4. The molecule has 1 aromatic heterocycles. The molecule has 20 heavy (non-hydrogen) atoms. The summed E-state index contributed by atoms with van der Waals surface area (Å²) in [5.74, 6) is 1.67. The summed E-state index contributed by atoms with van der Waals surface area (Å²) in [4.78, 5) is 0. The highest BCUT2D eigenvalue weighted by Gasteiger charge is 2.16. The summed E-state index contributed by atoms with van der Waals surface area (Å²) in [6.45, 7) is 0. The first kappa shape index (κ1) is 13.0. The summed E-state index contributed by atoms with van der Waals surface area (Å²) in [5.41, 5.74) is 1.04. The van der Waals surface area contributed by atoms with Crippen molar-refractivity contribution in [3.05, 3.63) is 30.6 Å². The quantitative estimate of drug-likeness (QED) is 0.929. The zero-order valence-electron chi connectivity index (χ0n) is 11.7. The molecule has 5 nitrogen and oxygen atoms in total. The summed E-state index contributed by atoms with van der Waals surface area (Å²) in [7, 11) is 1.67. The van der Waals surface area contributed by atoms with Crippen LogP contribution in [-0.4, -0.2) is 27.9 Å². The van der Waals surface area contributed by atoms with Gasteiger partial charge in [-0.2, -0.15) is 0 Å². The first-order valence-corrected chi connectivity index (χ1v) is 7.18. The molecule has 0 atom stereocenters. The zero-order chi connectivity index (χ0) is 13.8. The van der Waals surface area contributed by atoms with E-state index in [2.05, 4.69) is 15.5 Å². The molecule has 1 saturated carbocycles. The fraction of sp³-hybridized carbons (Fsp3) is 0.467. The molecule has 0 spiro atoms. The van der Waals surface area contributed by atoms with Gasteiger partial charge in [-0.05, 0) is 37.1 Å². The first-order chi connectivity index (χ1) is 9.86. The standard InChI is InChI=1S/C15H20N4O/c1-20-14-9-7-13(8-10-14)19-11-16-18-15(19)17-12-5-3-2-4-6-12/h7-12H,2-6H2,1H3,(H,17,18). The Balaban J connectivity index is 1.77. The Morgan fingerprint density at radius 3 is 2.60 bits per heavy atom. The van der Waals surface area contributed by atoms with Gasteiger partial charge >= 0.3 is 0 Å². The second-order valence-electron chi connectivity index (χ2n) is 5.20. The van der Waals surface area contributed by atoms with E-state index in [1.807, 2.05) is 28.8 Å². The van der Waals surface area contributed by atoms with E-state index in [4.69, 9.17) is 4.74 Å². The van der Waals surface area contributed by atoms with Crippen molar-refractivity contribution in [3.63, 3.8) is 0 Å². The highest BCUT2D eigenvalue weighted by atomic mass is 16.5. The molecule has 0 bridgehead atoms. The van der Waals surface area contributed by atoms with Gasteiger partial charge in [0, 0.05) is 6.04 Å². The van der Waals surface area contributed by atoms with Crippen LogP contribution in [0.15, 0.2) is 30.6 Å². The van der Waals surface area contributed by atoms with Crippen LogP contribution in [0.1, 0.15) is 32.1 Å². The molecule has 0 aliphatic heterocycles. The fourth-order valence-electron chi connectivity index (χ4n) is 2.69. The molecule has 0 unspecified atom stereocenters. The zero-order valence-corrected chi connectivity index (χ0v) is 11.7. The van der Waals surface area contributed by atoms with Crippen molar-refractivity contribution in [1.29, 1.82) is 0 Å². The summed E-state index contributed by atoms with van der Waals surface area (Å²) < 4.78 is 7.16. The van der Waals surface area contributed by atoms with Gasteiger partial charge in [0.25, 0.3) is 0 Å². The summed E-state index contributed by atoms with van der Waals surface area (Å²) in [6.07, 6.45) is 8.13. The molecule has 1 aromatic carbocycles. The molecule has 1 aliphatic carbocycles. The number of benzene rings is 1. The minimum atomic E-state index is 0.518. The van der Waals surface area contributed by atoms with Crippen LogP contribution in [0.5, 0.6) is 5.75 Å². The van der Waals surface area contributed by atoms with Gasteiger partial charge in [-0.1, -0.05) is 19.3 Å². The van der Waals surface area contributed by atoms with Crippen molar-refractivity contribution in [2.75, 3.05) is 12.4 Å². The van der Waals surface area contributed by atoms with Gasteiger partial charge in [0.2, 0.25) is 5.95 Å². The van der Waals surface area contributed by atoms with Gasteiger partial charge in [0.1, 0.15) is 12.1 Å². The van der Waals surface area contributed by atoms with Crippen LogP contribution in [0, 0.1) is 0 Å². The van der Waals surface area contributed by atoms with Gasteiger partial charge in [0.15, 0.2) is 0 Å². The van der Waals surface area contributed by atoms with Gasteiger partial charge in [-0.3, -0.25) is 4.57 Å². The molecular weight excluding hydrogens is 252 g/mol. The second kappa shape index (κ2) is 5.94. The predicted molar refractivity (Wildman–Crippen MR) is 78.4 cm³/mol. The third kappa shape index (κ3) is 2.76. The molecule has 2 aromatic rings. The molecule has 3 rings (SSSR count). The normalized spacial score (nSPS) is 16.1. The van der Waals surface area contributed by atoms with Crippen molar-refractivity contribution < 1.29 is 4.74 Å². The maximum atomic E-state index is 5.18. The van der Waals surface area contributed by atoms with E-state index in [1.54, 1.807) is 13.4 Å². The SMILES string of the molecule is COc1ccc(-n2cnnc2NC2CCCCC2)cc1. The Morgan fingerprint density at radius 1 is 1.15 bits per heavy atom. The van der Waals surface area contributed by atoms with E-state index in [1.165, 1.54) is 32.1 Å². The molecule has 0 saturated heterocycles. The van der Waals surface area contributed by atoms with Crippen LogP contribution in [0.2, 0.25) is 0 Å². The largest absolute Gasteiger partial charge is 0.497 e. The maximum absolute atomic E-state index is 5.18. The second-order valence-corrected chi connectivity index (χ2v) is 5.20. The number of nitrogens with one attached hydrogen (secondary N) is 1. The molecule has 1 N–H and O–H groups in total. The van der Waals surface area contributed by atoms with Crippen molar-refractivity contribution in [2.24, 2.45) is 0 Å². The number of aromatic nitrogens is 3. The fourth-order valence-corrected chi connectivity index (χ4v) is 2.69. The molecule has 1 heterocycles. The van der Waals surface area contributed by atoms with E-state index in [9.17, 15) is 0 Å². The Labute approximate surface area is 119 Å². The Bertz CT molecular complexity index is 543. The number of anilines is 1. The lowest BCUT2D eigenvalue weighted by Gasteiger charge is -2.23. The Morgan fingerprint density at radius 2 is 1.90 bits per heavy atom. The molecule has 5 heteroatoms. The first-order valence-electron chi connectivity index (χ1n) is 7.18. The maximum Gasteiger partial charge on any atom is 0.229 e. The van der Waals surface area contributed by atoms with Crippen LogP contribution >= 0.6 is 0 Å². The highest BCUT2D eigenvalue weighted by molar-refractivity contribution is 5.43. The number of methoxy groups -OCH3 is 1. The van der Waals surface area contributed by atoms with E-state index < -0.39 is 0 Å². The molecular formula is C15H20N4O. The van der Waals surface area contributed by atoms with Gasteiger partial charge in [-0.15, -0.1) is 10.2 Å². The number of ether oxygens (including phenoxy) is 1. The molecule has 106 valence electrons. The minimum absolute atomic E-state index is 0.518. The van der Waals surface area contributed by atoms with Crippen molar-refractivity contribution in [1.82, 2.24) is 14.8 Å². The lowest BCUT2D eigenvalue weighted by Crippen LogP contribution is -2.24. The topological polar surface area (TPSA) is 52.0 Å². The number of hydrogen-bond donors (Lipinski definition) is 1. The van der Waals surface area contributed by atoms with Crippen LogP contribution in [0.25, 0.3) is 5.69 Å².